The average Bonchev–Trinajstić information content (AvgIpc) is 2.55. The Morgan fingerprint density at radius 3 is 1.18 bits per heavy atom. The molecule has 1 amide bonds. The average molecular weight is 401 g/mol. The van der Waals surface area contributed by atoms with Crippen molar-refractivity contribution in [2.75, 3.05) is 78.5 Å². The minimum atomic E-state index is -0.967. The molecule has 0 atom stereocenters. The fraction of sp³-hybridized carbons (Fsp3) is 0.765. The number of carboxylic acids is 2. The lowest BCUT2D eigenvalue weighted by Gasteiger charge is -2.32. The van der Waals surface area contributed by atoms with Crippen molar-refractivity contribution in [2.45, 2.75) is 6.92 Å². The molecule has 0 aliphatic carbocycles. The first kappa shape index (κ1) is 24.0. The molecule has 0 aromatic carbocycles. The molecule has 0 bridgehead atoms. The van der Waals surface area contributed by atoms with Gasteiger partial charge < -0.3 is 15.9 Å². The SMILES string of the molecule is CC(=O)CN1CCN(CC(N)=O)CCN(CC(=O)O)CCN(CC(=O)O)CC1. The van der Waals surface area contributed by atoms with Crippen molar-refractivity contribution in [3.63, 3.8) is 0 Å². The minimum Gasteiger partial charge on any atom is -0.480 e. The predicted octanol–water partition coefficient (Wildman–Crippen LogP) is -2.55. The van der Waals surface area contributed by atoms with Crippen molar-refractivity contribution in [3.05, 3.63) is 0 Å². The normalized spacial score (nSPS) is 19.5. The first-order valence-electron chi connectivity index (χ1n) is 9.26. The summed E-state index contributed by atoms with van der Waals surface area (Å²) in [6.07, 6.45) is 0. The van der Waals surface area contributed by atoms with E-state index in [4.69, 9.17) is 15.9 Å². The number of primary amides is 1. The van der Waals surface area contributed by atoms with Crippen molar-refractivity contribution in [1.82, 2.24) is 19.6 Å². The number of aliphatic carboxylic acids is 2. The summed E-state index contributed by atoms with van der Waals surface area (Å²) < 4.78 is 0. The van der Waals surface area contributed by atoms with Gasteiger partial charge in [-0.15, -0.1) is 0 Å². The number of carbonyl (C=O) groups is 4. The number of carboxylic acid groups (broad SMARTS) is 2. The molecule has 0 aromatic rings. The van der Waals surface area contributed by atoms with E-state index in [1.165, 1.54) is 6.92 Å². The molecule has 0 radical (unpaired) electrons. The van der Waals surface area contributed by atoms with Gasteiger partial charge >= 0.3 is 11.9 Å². The number of carbonyl (C=O) groups excluding carboxylic acids is 2. The number of amides is 1. The maximum Gasteiger partial charge on any atom is 0.317 e. The van der Waals surface area contributed by atoms with Gasteiger partial charge in [-0.2, -0.15) is 0 Å². The number of hydrogen-bond acceptors (Lipinski definition) is 8. The molecular formula is C17H31N5O6. The molecule has 0 unspecified atom stereocenters. The lowest BCUT2D eigenvalue weighted by Crippen LogP contribution is -2.49. The van der Waals surface area contributed by atoms with Crippen molar-refractivity contribution in [2.24, 2.45) is 5.73 Å². The monoisotopic (exact) mass is 401 g/mol. The van der Waals surface area contributed by atoms with Crippen molar-refractivity contribution in [3.8, 4) is 0 Å². The van der Waals surface area contributed by atoms with E-state index in [1.807, 2.05) is 9.80 Å². The summed E-state index contributed by atoms with van der Waals surface area (Å²) in [6.45, 7) is 5.07. The van der Waals surface area contributed by atoms with Gasteiger partial charge in [-0.25, -0.2) is 0 Å². The zero-order valence-corrected chi connectivity index (χ0v) is 16.4. The second-order valence-corrected chi connectivity index (χ2v) is 7.06. The van der Waals surface area contributed by atoms with Crippen molar-refractivity contribution in [1.29, 1.82) is 0 Å². The Morgan fingerprint density at radius 1 is 0.643 bits per heavy atom. The standard InChI is InChI=1S/C17H31N5O6/c1-14(23)10-19-2-4-20(11-15(18)24)5-7-22(13-17(27)28)9-8-21(6-3-19)12-16(25)26/h2-13H2,1H3,(H2,18,24)(H,25,26)(H,27,28). The molecule has 11 heteroatoms. The third kappa shape index (κ3) is 10.9. The number of nitrogens with zero attached hydrogens (tertiary/aromatic N) is 4. The quantitative estimate of drug-likeness (QED) is 0.397. The molecule has 1 aliphatic rings. The Morgan fingerprint density at radius 2 is 0.929 bits per heavy atom. The molecule has 0 aromatic heterocycles. The maximum atomic E-state index is 11.6. The van der Waals surface area contributed by atoms with E-state index in [1.54, 1.807) is 9.80 Å². The molecule has 28 heavy (non-hydrogen) atoms. The van der Waals surface area contributed by atoms with E-state index < -0.39 is 17.8 Å². The Kier molecular flexibility index (Phi) is 10.6. The van der Waals surface area contributed by atoms with Crippen molar-refractivity contribution < 1.29 is 29.4 Å². The van der Waals surface area contributed by atoms with E-state index in [0.29, 0.717) is 52.4 Å². The molecule has 1 rings (SSSR count). The van der Waals surface area contributed by atoms with E-state index in [2.05, 4.69) is 0 Å². The molecule has 160 valence electrons. The van der Waals surface area contributed by atoms with Crippen LogP contribution in [0.25, 0.3) is 0 Å². The lowest BCUT2D eigenvalue weighted by atomic mass is 10.3. The van der Waals surface area contributed by atoms with Crippen molar-refractivity contribution >= 4 is 23.6 Å². The van der Waals surface area contributed by atoms with E-state index in [0.717, 1.165) is 0 Å². The van der Waals surface area contributed by atoms with Gasteiger partial charge in [-0.3, -0.25) is 38.8 Å². The number of rotatable bonds is 8. The minimum absolute atomic E-state index is 0.00552. The van der Waals surface area contributed by atoms with E-state index >= 15 is 0 Å². The molecule has 1 heterocycles. The van der Waals surface area contributed by atoms with E-state index in [-0.39, 0.29) is 32.0 Å². The fourth-order valence-corrected chi connectivity index (χ4v) is 3.13. The summed E-state index contributed by atoms with van der Waals surface area (Å²) in [6, 6.07) is 0. The molecule has 1 fully saturated rings. The molecule has 1 saturated heterocycles. The highest BCUT2D eigenvalue weighted by molar-refractivity contribution is 5.77. The van der Waals surface area contributed by atoms with Crippen LogP contribution in [0.2, 0.25) is 0 Å². The van der Waals surface area contributed by atoms with Gasteiger partial charge in [0.1, 0.15) is 5.78 Å². The van der Waals surface area contributed by atoms with Crippen LogP contribution in [0.4, 0.5) is 0 Å². The second-order valence-electron chi connectivity index (χ2n) is 7.06. The summed E-state index contributed by atoms with van der Waals surface area (Å²) in [7, 11) is 0. The first-order valence-corrected chi connectivity index (χ1v) is 9.26. The first-order chi connectivity index (χ1) is 13.2. The fourth-order valence-electron chi connectivity index (χ4n) is 3.13. The second kappa shape index (κ2) is 12.4. The smallest absolute Gasteiger partial charge is 0.317 e. The molecule has 1 aliphatic heterocycles. The van der Waals surface area contributed by atoms with Gasteiger partial charge in [0, 0.05) is 52.4 Å². The Balaban J connectivity index is 2.90. The Labute approximate surface area is 164 Å². The van der Waals surface area contributed by atoms with Crippen LogP contribution in [-0.2, 0) is 19.2 Å². The van der Waals surface area contributed by atoms with Crippen LogP contribution in [-0.4, -0.2) is 132 Å². The topological polar surface area (TPSA) is 148 Å². The van der Waals surface area contributed by atoms with Gasteiger partial charge in [0.2, 0.25) is 5.91 Å². The largest absolute Gasteiger partial charge is 0.480 e. The van der Waals surface area contributed by atoms with Crippen LogP contribution in [0.1, 0.15) is 6.92 Å². The predicted molar refractivity (Wildman–Crippen MR) is 101 cm³/mol. The van der Waals surface area contributed by atoms with Crippen LogP contribution in [0.15, 0.2) is 0 Å². The third-order valence-electron chi connectivity index (χ3n) is 4.47. The summed E-state index contributed by atoms with van der Waals surface area (Å²) in [5.41, 5.74) is 5.32. The van der Waals surface area contributed by atoms with Crippen LogP contribution >= 0.6 is 0 Å². The summed E-state index contributed by atoms with van der Waals surface area (Å²) in [5.74, 6) is -2.39. The highest BCUT2D eigenvalue weighted by Crippen LogP contribution is 2.01. The number of nitrogens with two attached hydrogens (primary N) is 1. The highest BCUT2D eigenvalue weighted by Gasteiger charge is 2.20. The third-order valence-corrected chi connectivity index (χ3v) is 4.47. The van der Waals surface area contributed by atoms with Crippen LogP contribution in [0.5, 0.6) is 0 Å². The van der Waals surface area contributed by atoms with Crippen LogP contribution in [0, 0.1) is 0 Å². The Hall–Kier alpha value is -2.08. The van der Waals surface area contributed by atoms with E-state index in [9.17, 15) is 19.2 Å². The zero-order chi connectivity index (χ0) is 21.1. The molecule has 4 N–H and O–H groups in total. The number of ketones is 1. The van der Waals surface area contributed by atoms with Crippen LogP contribution in [0.3, 0.4) is 0 Å². The Bertz CT molecular complexity index is 446. The summed E-state index contributed by atoms with van der Waals surface area (Å²) in [5, 5.41) is 18.2. The summed E-state index contributed by atoms with van der Waals surface area (Å²) >= 11 is 0. The van der Waals surface area contributed by atoms with Gasteiger partial charge in [-0.05, 0) is 6.92 Å². The molecular weight excluding hydrogens is 370 g/mol. The number of hydrogen-bond donors (Lipinski definition) is 3. The van der Waals surface area contributed by atoms with Gasteiger partial charge in [0.05, 0.1) is 26.2 Å². The van der Waals surface area contributed by atoms with Crippen LogP contribution < -0.4 is 5.73 Å². The summed E-state index contributed by atoms with van der Waals surface area (Å²) in [4.78, 5) is 52.4. The number of Topliss-reactive ketones (excluding diaryl/α,β-unsaturated/α-hetero) is 1. The highest BCUT2D eigenvalue weighted by atomic mass is 16.4. The zero-order valence-electron chi connectivity index (χ0n) is 16.4. The lowest BCUT2D eigenvalue weighted by molar-refractivity contribution is -0.140. The maximum absolute atomic E-state index is 11.6. The molecule has 0 saturated carbocycles. The molecule has 0 spiro atoms. The van der Waals surface area contributed by atoms with Gasteiger partial charge in [-0.1, -0.05) is 0 Å². The van der Waals surface area contributed by atoms with Gasteiger partial charge in [0.15, 0.2) is 0 Å². The van der Waals surface area contributed by atoms with Gasteiger partial charge in [0.25, 0.3) is 0 Å². The molecule has 11 nitrogen and oxygen atoms in total.